The summed E-state index contributed by atoms with van der Waals surface area (Å²) >= 11 is 6.23. The number of thioether (sulfide) groups is 1. The van der Waals surface area contributed by atoms with Crippen molar-refractivity contribution in [3.05, 3.63) is 29.3 Å². The molecule has 0 bridgehead atoms. The fourth-order valence-corrected chi connectivity index (χ4v) is 2.58. The molecule has 1 unspecified atom stereocenters. The highest BCUT2D eigenvalue weighted by molar-refractivity contribution is 7.99. The van der Waals surface area contributed by atoms with Gasteiger partial charge in [0.2, 0.25) is 0 Å². The third-order valence-corrected chi connectivity index (χ3v) is 4.29. The Morgan fingerprint density at radius 1 is 1.36 bits per heavy atom. The number of aryl methyl sites for hydroxylation is 2. The Hall–Kier alpha value is -0.0800. The zero-order valence-corrected chi connectivity index (χ0v) is 10.8. The molecule has 0 radical (unpaired) electrons. The lowest BCUT2D eigenvalue weighted by Crippen LogP contribution is -1.99. The number of rotatable bonds is 4. The number of thiol groups is 1. The molecule has 0 aliphatic carbocycles. The molecule has 0 amide bonds. The minimum Gasteiger partial charge on any atom is -0.179 e. The predicted octanol–water partition coefficient (Wildman–Crippen LogP) is 3.96. The van der Waals surface area contributed by atoms with Gasteiger partial charge in [-0.2, -0.15) is 12.6 Å². The summed E-state index contributed by atoms with van der Waals surface area (Å²) < 4.78 is 0. The van der Waals surface area contributed by atoms with Crippen LogP contribution in [0.15, 0.2) is 23.1 Å². The highest BCUT2D eigenvalue weighted by atomic mass is 32.2. The van der Waals surface area contributed by atoms with E-state index in [1.807, 2.05) is 11.8 Å². The topological polar surface area (TPSA) is 0 Å². The van der Waals surface area contributed by atoms with Crippen LogP contribution in [0.3, 0.4) is 0 Å². The second-order valence-electron chi connectivity index (χ2n) is 3.87. The lowest BCUT2D eigenvalue weighted by Gasteiger charge is -2.09. The van der Waals surface area contributed by atoms with Crippen molar-refractivity contribution in [2.24, 2.45) is 5.92 Å². The van der Waals surface area contributed by atoms with Crippen LogP contribution in [0.1, 0.15) is 18.1 Å². The molecular formula is C12H18S2. The van der Waals surface area contributed by atoms with Crippen LogP contribution in [0.5, 0.6) is 0 Å². The summed E-state index contributed by atoms with van der Waals surface area (Å²) in [5.41, 5.74) is 2.73. The normalized spacial score (nSPS) is 12.9. The molecule has 1 aromatic carbocycles. The Kier molecular flexibility index (Phi) is 4.90. The third kappa shape index (κ3) is 3.58. The van der Waals surface area contributed by atoms with Gasteiger partial charge >= 0.3 is 0 Å². The highest BCUT2D eigenvalue weighted by Gasteiger charge is 2.03. The van der Waals surface area contributed by atoms with Crippen LogP contribution in [0.2, 0.25) is 0 Å². The van der Waals surface area contributed by atoms with Crippen LogP contribution in [0.25, 0.3) is 0 Å². The Morgan fingerprint density at radius 3 is 2.64 bits per heavy atom. The van der Waals surface area contributed by atoms with Crippen molar-refractivity contribution < 1.29 is 0 Å². The molecule has 0 saturated carbocycles. The Labute approximate surface area is 96.9 Å². The molecule has 14 heavy (non-hydrogen) atoms. The Balaban J connectivity index is 2.59. The summed E-state index contributed by atoms with van der Waals surface area (Å²) in [6, 6.07) is 6.65. The van der Waals surface area contributed by atoms with Gasteiger partial charge in [-0.25, -0.2) is 0 Å². The first kappa shape index (κ1) is 12.0. The lowest BCUT2D eigenvalue weighted by atomic mass is 10.2. The van der Waals surface area contributed by atoms with Crippen molar-refractivity contribution >= 4 is 24.4 Å². The average Bonchev–Trinajstić information content (AvgIpc) is 2.16. The minimum atomic E-state index is 0.684. The van der Waals surface area contributed by atoms with Gasteiger partial charge in [0, 0.05) is 10.6 Å². The first-order valence-electron chi connectivity index (χ1n) is 4.94. The molecule has 0 heterocycles. The molecule has 0 aromatic heterocycles. The molecule has 0 saturated heterocycles. The summed E-state index contributed by atoms with van der Waals surface area (Å²) in [7, 11) is 0. The summed E-state index contributed by atoms with van der Waals surface area (Å²) in [4.78, 5) is 1.41. The third-order valence-electron chi connectivity index (χ3n) is 2.17. The molecule has 1 atom stereocenters. The van der Waals surface area contributed by atoms with Gasteiger partial charge in [0.1, 0.15) is 0 Å². The molecule has 1 aromatic rings. The lowest BCUT2D eigenvalue weighted by molar-refractivity contribution is 0.766. The maximum Gasteiger partial charge on any atom is 0.0101 e. The summed E-state index contributed by atoms with van der Waals surface area (Å²) in [5, 5.41) is 0. The molecule has 0 aliphatic rings. The van der Waals surface area contributed by atoms with Crippen molar-refractivity contribution in [1.82, 2.24) is 0 Å². The van der Waals surface area contributed by atoms with Crippen LogP contribution >= 0.6 is 24.4 Å². The van der Waals surface area contributed by atoms with Crippen molar-refractivity contribution in [2.45, 2.75) is 25.7 Å². The van der Waals surface area contributed by atoms with E-state index >= 15 is 0 Å². The second-order valence-corrected chi connectivity index (χ2v) is 5.29. The Morgan fingerprint density at radius 2 is 2.07 bits per heavy atom. The summed E-state index contributed by atoms with van der Waals surface area (Å²) in [6.45, 7) is 6.56. The van der Waals surface area contributed by atoms with E-state index in [0.717, 1.165) is 11.5 Å². The maximum atomic E-state index is 4.29. The van der Waals surface area contributed by atoms with Gasteiger partial charge in [-0.1, -0.05) is 24.6 Å². The van der Waals surface area contributed by atoms with E-state index in [2.05, 4.69) is 51.6 Å². The van der Waals surface area contributed by atoms with E-state index in [1.165, 1.54) is 16.0 Å². The fourth-order valence-electron chi connectivity index (χ4n) is 1.25. The molecular weight excluding hydrogens is 208 g/mol. The number of benzene rings is 1. The van der Waals surface area contributed by atoms with Crippen LogP contribution in [-0.4, -0.2) is 11.5 Å². The molecule has 2 heteroatoms. The van der Waals surface area contributed by atoms with E-state index in [9.17, 15) is 0 Å². The van der Waals surface area contributed by atoms with E-state index in [-0.39, 0.29) is 0 Å². The van der Waals surface area contributed by atoms with Gasteiger partial charge in [0.25, 0.3) is 0 Å². The van der Waals surface area contributed by atoms with E-state index in [0.29, 0.717) is 5.92 Å². The molecule has 0 spiro atoms. The summed E-state index contributed by atoms with van der Waals surface area (Å²) in [5.74, 6) is 2.81. The monoisotopic (exact) mass is 226 g/mol. The van der Waals surface area contributed by atoms with Crippen molar-refractivity contribution in [2.75, 3.05) is 11.5 Å². The van der Waals surface area contributed by atoms with Gasteiger partial charge in [-0.05, 0) is 37.1 Å². The van der Waals surface area contributed by atoms with E-state index < -0.39 is 0 Å². The number of hydrogen-bond acceptors (Lipinski definition) is 2. The van der Waals surface area contributed by atoms with Crippen LogP contribution in [0, 0.1) is 19.8 Å². The van der Waals surface area contributed by atoms with Gasteiger partial charge < -0.3 is 0 Å². The van der Waals surface area contributed by atoms with Gasteiger partial charge in [0.15, 0.2) is 0 Å². The minimum absolute atomic E-state index is 0.684. The zero-order valence-electron chi connectivity index (χ0n) is 9.08. The first-order chi connectivity index (χ1) is 6.63. The highest BCUT2D eigenvalue weighted by Crippen LogP contribution is 2.25. The Bertz CT molecular complexity index is 294. The van der Waals surface area contributed by atoms with E-state index in [1.54, 1.807) is 0 Å². The number of hydrogen-bond donors (Lipinski definition) is 1. The molecule has 0 nitrogen and oxygen atoms in total. The van der Waals surface area contributed by atoms with Crippen LogP contribution in [-0.2, 0) is 0 Å². The molecule has 0 N–H and O–H groups in total. The molecule has 0 fully saturated rings. The standard InChI is InChI=1S/C12H18S2/c1-9-4-5-12(11(3)6-9)14-8-10(2)7-13/h4-6,10,13H,7-8H2,1-3H3. The second kappa shape index (κ2) is 5.72. The molecule has 1 rings (SSSR count). The maximum absolute atomic E-state index is 4.29. The quantitative estimate of drug-likeness (QED) is 0.599. The van der Waals surface area contributed by atoms with Crippen molar-refractivity contribution in [3.63, 3.8) is 0 Å². The zero-order chi connectivity index (χ0) is 10.6. The molecule has 78 valence electrons. The predicted molar refractivity (Wildman–Crippen MR) is 69.7 cm³/mol. The SMILES string of the molecule is Cc1ccc(SCC(C)CS)c(C)c1. The van der Waals surface area contributed by atoms with Crippen molar-refractivity contribution in [3.8, 4) is 0 Å². The van der Waals surface area contributed by atoms with Gasteiger partial charge in [-0.3, -0.25) is 0 Å². The van der Waals surface area contributed by atoms with Crippen molar-refractivity contribution in [1.29, 1.82) is 0 Å². The summed E-state index contributed by atoms with van der Waals surface area (Å²) in [6.07, 6.45) is 0. The first-order valence-corrected chi connectivity index (χ1v) is 6.56. The van der Waals surface area contributed by atoms with Crippen LogP contribution < -0.4 is 0 Å². The fraction of sp³-hybridized carbons (Fsp3) is 0.500. The average molecular weight is 226 g/mol. The van der Waals surface area contributed by atoms with Gasteiger partial charge in [0.05, 0.1) is 0 Å². The van der Waals surface area contributed by atoms with Crippen LogP contribution in [0.4, 0.5) is 0 Å². The van der Waals surface area contributed by atoms with E-state index in [4.69, 9.17) is 0 Å². The largest absolute Gasteiger partial charge is 0.179 e. The smallest absolute Gasteiger partial charge is 0.0101 e. The molecule has 0 aliphatic heterocycles. The van der Waals surface area contributed by atoms with Gasteiger partial charge in [-0.15, -0.1) is 11.8 Å².